The molecule has 0 radical (unpaired) electrons. The van der Waals surface area contributed by atoms with Gasteiger partial charge >= 0.3 is 0 Å². The lowest BCUT2D eigenvalue weighted by molar-refractivity contribution is 0.111. The summed E-state index contributed by atoms with van der Waals surface area (Å²) >= 11 is 11.8. The molecule has 17 heavy (non-hydrogen) atoms. The molecule has 0 amide bonds. The van der Waals surface area contributed by atoms with Crippen molar-refractivity contribution in [2.75, 3.05) is 0 Å². The van der Waals surface area contributed by atoms with E-state index in [0.29, 0.717) is 27.5 Å². The number of aromatic nitrogens is 1. The van der Waals surface area contributed by atoms with Crippen molar-refractivity contribution < 1.29 is 9.18 Å². The van der Waals surface area contributed by atoms with Crippen LogP contribution in [0.15, 0.2) is 30.5 Å². The molecular formula is C12H6Cl2FNO. The molecule has 0 aliphatic carbocycles. The van der Waals surface area contributed by atoms with Gasteiger partial charge in [-0.05, 0) is 24.3 Å². The fourth-order valence-corrected chi connectivity index (χ4v) is 1.85. The first-order valence-corrected chi connectivity index (χ1v) is 5.43. The summed E-state index contributed by atoms with van der Waals surface area (Å²) in [5.41, 5.74) is 0.927. The minimum atomic E-state index is -0.540. The minimum Gasteiger partial charge on any atom is -0.296 e. The maximum absolute atomic E-state index is 13.1. The van der Waals surface area contributed by atoms with E-state index >= 15 is 0 Å². The summed E-state index contributed by atoms with van der Waals surface area (Å²) in [4.78, 5) is 14.5. The first-order chi connectivity index (χ1) is 8.11. The van der Waals surface area contributed by atoms with Crippen molar-refractivity contribution in [2.45, 2.75) is 0 Å². The first-order valence-electron chi connectivity index (χ1n) is 4.68. The van der Waals surface area contributed by atoms with E-state index in [4.69, 9.17) is 23.2 Å². The van der Waals surface area contributed by atoms with Crippen LogP contribution in [-0.2, 0) is 0 Å². The van der Waals surface area contributed by atoms with Gasteiger partial charge in [0.2, 0.25) is 0 Å². The van der Waals surface area contributed by atoms with Crippen LogP contribution in [0.4, 0.5) is 4.39 Å². The lowest BCUT2D eigenvalue weighted by Crippen LogP contribution is -1.94. The molecule has 1 aromatic heterocycles. The van der Waals surface area contributed by atoms with Gasteiger partial charge in [-0.3, -0.25) is 4.79 Å². The molecule has 0 atom stereocenters. The molecule has 1 aromatic carbocycles. The fraction of sp³-hybridized carbons (Fsp3) is 0. The van der Waals surface area contributed by atoms with Crippen molar-refractivity contribution in [1.82, 2.24) is 4.98 Å². The normalized spacial score (nSPS) is 10.3. The number of carbonyl (C=O) groups excluding carboxylic acids is 1. The van der Waals surface area contributed by atoms with Crippen molar-refractivity contribution in [2.24, 2.45) is 0 Å². The molecule has 2 aromatic rings. The van der Waals surface area contributed by atoms with Crippen LogP contribution in [-0.4, -0.2) is 11.3 Å². The lowest BCUT2D eigenvalue weighted by atomic mass is 10.0. The topological polar surface area (TPSA) is 30.0 Å². The molecule has 0 aliphatic rings. The molecule has 0 fully saturated rings. The van der Waals surface area contributed by atoms with Crippen molar-refractivity contribution in [3.63, 3.8) is 0 Å². The third-order valence-corrected chi connectivity index (χ3v) is 2.78. The number of benzene rings is 1. The predicted octanol–water partition coefficient (Wildman–Crippen LogP) is 4.01. The van der Waals surface area contributed by atoms with E-state index in [1.165, 1.54) is 6.07 Å². The molecule has 2 nitrogen and oxygen atoms in total. The second kappa shape index (κ2) is 4.82. The van der Waals surface area contributed by atoms with Gasteiger partial charge < -0.3 is 0 Å². The second-order valence-electron chi connectivity index (χ2n) is 3.33. The zero-order valence-corrected chi connectivity index (χ0v) is 9.97. The Kier molecular flexibility index (Phi) is 3.41. The third kappa shape index (κ3) is 2.46. The number of halogens is 3. The van der Waals surface area contributed by atoms with E-state index in [9.17, 15) is 9.18 Å². The van der Waals surface area contributed by atoms with Crippen LogP contribution in [0.2, 0.25) is 10.0 Å². The van der Waals surface area contributed by atoms with Gasteiger partial charge in [0.05, 0.1) is 6.20 Å². The minimum absolute atomic E-state index is 0.121. The van der Waals surface area contributed by atoms with Gasteiger partial charge in [-0.2, -0.15) is 0 Å². The number of pyridine rings is 1. The predicted molar refractivity (Wildman–Crippen MR) is 65.0 cm³/mol. The van der Waals surface area contributed by atoms with Gasteiger partial charge in [0.15, 0.2) is 6.29 Å². The van der Waals surface area contributed by atoms with E-state index in [1.54, 1.807) is 18.2 Å². The number of hydrogen-bond acceptors (Lipinski definition) is 2. The molecule has 5 heteroatoms. The molecule has 1 heterocycles. The Balaban J connectivity index is 2.70. The Bertz CT molecular complexity index is 587. The quantitative estimate of drug-likeness (QED) is 0.772. The molecule has 0 saturated heterocycles. The molecule has 0 aliphatic heterocycles. The van der Waals surface area contributed by atoms with Gasteiger partial charge in [0.1, 0.15) is 11.5 Å². The van der Waals surface area contributed by atoms with E-state index in [0.717, 1.165) is 6.20 Å². The zero-order chi connectivity index (χ0) is 12.4. The Hall–Kier alpha value is -1.45. The van der Waals surface area contributed by atoms with E-state index in [-0.39, 0.29) is 5.69 Å². The Labute approximate surface area is 107 Å². The maximum atomic E-state index is 13.1. The lowest BCUT2D eigenvalue weighted by Gasteiger charge is -2.07. The van der Waals surface area contributed by atoms with Gasteiger partial charge in [0, 0.05) is 21.2 Å². The summed E-state index contributed by atoms with van der Waals surface area (Å²) in [5.74, 6) is -0.540. The number of hydrogen-bond donors (Lipinski definition) is 0. The van der Waals surface area contributed by atoms with Crippen molar-refractivity contribution in [3.05, 3.63) is 52.0 Å². The van der Waals surface area contributed by atoms with Crippen LogP contribution in [0, 0.1) is 5.82 Å². The van der Waals surface area contributed by atoms with Gasteiger partial charge in [-0.25, -0.2) is 9.37 Å². The summed E-state index contributed by atoms with van der Waals surface area (Å²) in [5, 5.41) is 0.829. The van der Waals surface area contributed by atoms with Crippen molar-refractivity contribution in [3.8, 4) is 11.1 Å². The zero-order valence-electron chi connectivity index (χ0n) is 8.45. The largest absolute Gasteiger partial charge is 0.296 e. The summed E-state index contributed by atoms with van der Waals surface area (Å²) in [6, 6.07) is 5.96. The SMILES string of the molecule is O=Cc1ncc(F)cc1-c1cc(Cl)ccc1Cl. The number of rotatable bonds is 2. The van der Waals surface area contributed by atoms with E-state index < -0.39 is 5.82 Å². The standard InChI is InChI=1S/C12H6Cl2FNO/c13-7-1-2-11(14)9(3-7)10-4-8(15)5-16-12(10)6-17/h1-6H. The first kappa shape index (κ1) is 12.0. The molecule has 0 spiro atoms. The molecule has 2 rings (SSSR count). The van der Waals surface area contributed by atoms with Gasteiger partial charge in [-0.15, -0.1) is 0 Å². The van der Waals surface area contributed by atoms with Crippen LogP contribution < -0.4 is 0 Å². The number of carbonyl (C=O) groups is 1. The molecular weight excluding hydrogens is 264 g/mol. The van der Waals surface area contributed by atoms with Gasteiger partial charge in [-0.1, -0.05) is 23.2 Å². The molecule has 0 N–H and O–H groups in total. The maximum Gasteiger partial charge on any atom is 0.169 e. The highest BCUT2D eigenvalue weighted by Crippen LogP contribution is 2.32. The molecule has 86 valence electrons. The van der Waals surface area contributed by atoms with Crippen LogP contribution in [0.3, 0.4) is 0 Å². The van der Waals surface area contributed by atoms with Crippen LogP contribution in [0.25, 0.3) is 11.1 Å². The molecule has 0 saturated carbocycles. The molecule has 0 bridgehead atoms. The van der Waals surface area contributed by atoms with Gasteiger partial charge in [0.25, 0.3) is 0 Å². The summed E-state index contributed by atoms with van der Waals surface area (Å²) in [7, 11) is 0. The summed E-state index contributed by atoms with van der Waals surface area (Å²) in [6.45, 7) is 0. The Morgan fingerprint density at radius 2 is 1.94 bits per heavy atom. The van der Waals surface area contributed by atoms with Crippen LogP contribution >= 0.6 is 23.2 Å². The van der Waals surface area contributed by atoms with E-state index in [2.05, 4.69) is 4.98 Å². The third-order valence-electron chi connectivity index (χ3n) is 2.22. The highest BCUT2D eigenvalue weighted by molar-refractivity contribution is 6.35. The van der Waals surface area contributed by atoms with Crippen molar-refractivity contribution in [1.29, 1.82) is 0 Å². The monoisotopic (exact) mass is 269 g/mol. The second-order valence-corrected chi connectivity index (χ2v) is 4.17. The highest BCUT2D eigenvalue weighted by atomic mass is 35.5. The highest BCUT2D eigenvalue weighted by Gasteiger charge is 2.11. The number of nitrogens with zero attached hydrogens (tertiary/aromatic N) is 1. The Morgan fingerprint density at radius 3 is 2.65 bits per heavy atom. The number of aldehydes is 1. The summed E-state index contributed by atoms with van der Waals surface area (Å²) in [6.07, 6.45) is 1.53. The molecule has 0 unspecified atom stereocenters. The average Bonchev–Trinajstić information content (AvgIpc) is 2.32. The fourth-order valence-electron chi connectivity index (χ4n) is 1.46. The van der Waals surface area contributed by atoms with Crippen molar-refractivity contribution >= 4 is 29.5 Å². The average molecular weight is 270 g/mol. The Morgan fingerprint density at radius 1 is 1.18 bits per heavy atom. The van der Waals surface area contributed by atoms with Crippen LogP contribution in [0.1, 0.15) is 10.5 Å². The smallest absolute Gasteiger partial charge is 0.169 e. The summed E-state index contributed by atoms with van der Waals surface area (Å²) < 4.78 is 13.1. The van der Waals surface area contributed by atoms with Crippen LogP contribution in [0.5, 0.6) is 0 Å². The van der Waals surface area contributed by atoms with E-state index in [1.807, 2.05) is 0 Å².